The molecule has 38 heavy (non-hydrogen) atoms. The van der Waals surface area contributed by atoms with E-state index in [1.807, 2.05) is 24.0 Å². The molecule has 5 rings (SSSR count). The maximum atomic E-state index is 12.9. The van der Waals surface area contributed by atoms with Gasteiger partial charge in [-0.3, -0.25) is 19.0 Å². The zero-order valence-corrected chi connectivity index (χ0v) is 21.3. The van der Waals surface area contributed by atoms with Gasteiger partial charge in [-0.1, -0.05) is 24.3 Å². The van der Waals surface area contributed by atoms with E-state index in [-0.39, 0.29) is 29.8 Å². The van der Waals surface area contributed by atoms with Crippen LogP contribution in [0.3, 0.4) is 0 Å². The third-order valence-electron chi connectivity index (χ3n) is 6.96. The van der Waals surface area contributed by atoms with Gasteiger partial charge in [0.2, 0.25) is 11.9 Å². The van der Waals surface area contributed by atoms with Crippen LogP contribution in [0, 0.1) is 0 Å². The number of hydrogen-bond acceptors (Lipinski definition) is 6. The first-order valence-electron chi connectivity index (χ1n) is 12.3. The van der Waals surface area contributed by atoms with Crippen molar-refractivity contribution in [2.45, 2.75) is 33.0 Å². The van der Waals surface area contributed by atoms with Gasteiger partial charge in [0, 0.05) is 63.2 Å². The second-order valence-electron chi connectivity index (χ2n) is 9.38. The van der Waals surface area contributed by atoms with Crippen molar-refractivity contribution >= 4 is 22.8 Å². The molecule has 1 fully saturated rings. The molecule has 3 heterocycles. The van der Waals surface area contributed by atoms with E-state index in [1.165, 1.54) is 10.7 Å². The number of benzene rings is 2. The maximum Gasteiger partial charge on any atom is 0.387 e. The van der Waals surface area contributed by atoms with Crippen LogP contribution in [0.25, 0.3) is 22.0 Å². The number of para-hydroxylation sites is 1. The minimum atomic E-state index is -2.95. The summed E-state index contributed by atoms with van der Waals surface area (Å²) in [6.07, 6.45) is 3.48. The summed E-state index contributed by atoms with van der Waals surface area (Å²) in [6.45, 7) is 2.74. The zero-order valence-electron chi connectivity index (χ0n) is 21.3. The summed E-state index contributed by atoms with van der Waals surface area (Å²) < 4.78 is 33.7. The van der Waals surface area contributed by atoms with Crippen molar-refractivity contribution in [3.05, 3.63) is 70.8 Å². The van der Waals surface area contributed by atoms with Crippen molar-refractivity contribution < 1.29 is 18.3 Å². The van der Waals surface area contributed by atoms with E-state index < -0.39 is 6.61 Å². The van der Waals surface area contributed by atoms with E-state index in [1.54, 1.807) is 55.3 Å². The van der Waals surface area contributed by atoms with Gasteiger partial charge in [0.15, 0.2) is 0 Å². The van der Waals surface area contributed by atoms with Crippen LogP contribution in [0.15, 0.2) is 59.7 Å². The molecule has 11 heteroatoms. The van der Waals surface area contributed by atoms with E-state index in [4.69, 9.17) is 0 Å². The van der Waals surface area contributed by atoms with Crippen LogP contribution in [-0.4, -0.2) is 62.4 Å². The van der Waals surface area contributed by atoms with Crippen molar-refractivity contribution in [2.24, 2.45) is 7.05 Å². The Bertz CT molecular complexity index is 1530. The Labute approximate surface area is 217 Å². The molecule has 4 aromatic rings. The molecular weight excluding hydrogens is 494 g/mol. The summed E-state index contributed by atoms with van der Waals surface area (Å²) in [6, 6.07) is 12.1. The quantitative estimate of drug-likeness (QED) is 0.385. The molecule has 0 aliphatic carbocycles. The lowest BCUT2D eigenvalue weighted by Gasteiger charge is -2.39. The molecule has 1 aliphatic rings. The molecule has 198 valence electrons. The highest BCUT2D eigenvalue weighted by atomic mass is 19.3. The number of carbonyl (C=O) groups excluding carboxylic acids is 1. The Morgan fingerprint density at radius 2 is 1.84 bits per heavy atom. The van der Waals surface area contributed by atoms with Crippen LogP contribution in [0.4, 0.5) is 14.7 Å². The summed E-state index contributed by atoms with van der Waals surface area (Å²) in [5.74, 6) is 0.723. The SMILES string of the molecule is CC(=O)N1CCN(c2ncc(-c3ccc4c(=O)n(C)n(Cc5ccccc5OC(F)F)c4c3)cn2)CC1C. The van der Waals surface area contributed by atoms with E-state index in [2.05, 4.69) is 19.6 Å². The summed E-state index contributed by atoms with van der Waals surface area (Å²) in [7, 11) is 1.64. The number of amides is 1. The number of hydrogen-bond donors (Lipinski definition) is 0. The average molecular weight is 523 g/mol. The lowest BCUT2D eigenvalue weighted by molar-refractivity contribution is -0.131. The molecule has 1 aliphatic heterocycles. The number of carbonyl (C=O) groups is 1. The Morgan fingerprint density at radius 1 is 1.11 bits per heavy atom. The van der Waals surface area contributed by atoms with Crippen LogP contribution in [0.5, 0.6) is 5.75 Å². The van der Waals surface area contributed by atoms with Crippen molar-refractivity contribution in [3.8, 4) is 16.9 Å². The standard InChI is InChI=1S/C27H28F2N6O3/c1-17-15-33(10-11-34(17)18(2)36)27-30-13-21(14-31-27)19-8-9-22-23(12-19)35(32(3)25(22)37)16-20-6-4-5-7-24(20)38-26(28)29/h4-9,12-14,17,26H,10-11,15-16H2,1-3H3. The molecule has 1 atom stereocenters. The monoisotopic (exact) mass is 522 g/mol. The number of piperazine rings is 1. The predicted octanol–water partition coefficient (Wildman–Crippen LogP) is 3.50. The molecule has 0 saturated carbocycles. The van der Waals surface area contributed by atoms with Gasteiger partial charge >= 0.3 is 6.61 Å². The van der Waals surface area contributed by atoms with Crippen LogP contribution >= 0.6 is 0 Å². The topological polar surface area (TPSA) is 85.5 Å². The van der Waals surface area contributed by atoms with E-state index in [9.17, 15) is 18.4 Å². The van der Waals surface area contributed by atoms with Gasteiger partial charge < -0.3 is 14.5 Å². The maximum absolute atomic E-state index is 12.9. The zero-order chi connectivity index (χ0) is 27.0. The first-order valence-corrected chi connectivity index (χ1v) is 12.3. The van der Waals surface area contributed by atoms with Gasteiger partial charge in [-0.2, -0.15) is 8.78 Å². The van der Waals surface area contributed by atoms with Crippen LogP contribution in [0.1, 0.15) is 19.4 Å². The highest BCUT2D eigenvalue weighted by Crippen LogP contribution is 2.27. The lowest BCUT2D eigenvalue weighted by atomic mass is 10.1. The van der Waals surface area contributed by atoms with E-state index in [0.29, 0.717) is 42.0 Å². The molecule has 1 saturated heterocycles. The molecule has 9 nitrogen and oxygen atoms in total. The van der Waals surface area contributed by atoms with Gasteiger partial charge in [-0.05, 0) is 30.7 Å². The van der Waals surface area contributed by atoms with Crippen LogP contribution in [-0.2, 0) is 18.4 Å². The molecule has 1 unspecified atom stereocenters. The van der Waals surface area contributed by atoms with Gasteiger partial charge in [0.05, 0.1) is 17.4 Å². The average Bonchev–Trinajstić information content (AvgIpc) is 3.13. The third-order valence-corrected chi connectivity index (χ3v) is 6.96. The van der Waals surface area contributed by atoms with Crippen molar-refractivity contribution in [1.29, 1.82) is 0 Å². The largest absolute Gasteiger partial charge is 0.434 e. The number of rotatable bonds is 6. The number of nitrogens with zero attached hydrogens (tertiary/aromatic N) is 6. The number of halogens is 2. The summed E-state index contributed by atoms with van der Waals surface area (Å²) in [5.41, 5.74) is 2.58. The third kappa shape index (κ3) is 4.83. The van der Waals surface area contributed by atoms with Crippen LogP contribution in [0.2, 0.25) is 0 Å². The number of alkyl halides is 2. The van der Waals surface area contributed by atoms with E-state index >= 15 is 0 Å². The molecule has 0 bridgehead atoms. The van der Waals surface area contributed by atoms with Crippen LogP contribution < -0.4 is 15.2 Å². The molecule has 2 aromatic heterocycles. The van der Waals surface area contributed by atoms with Crippen molar-refractivity contribution in [3.63, 3.8) is 0 Å². The second kappa shape index (κ2) is 10.2. The van der Waals surface area contributed by atoms with Gasteiger partial charge in [-0.25, -0.2) is 9.97 Å². The molecule has 0 radical (unpaired) electrons. The highest BCUT2D eigenvalue weighted by Gasteiger charge is 2.26. The lowest BCUT2D eigenvalue weighted by Crippen LogP contribution is -2.53. The minimum Gasteiger partial charge on any atom is -0.434 e. The second-order valence-corrected chi connectivity index (χ2v) is 9.38. The van der Waals surface area contributed by atoms with Crippen molar-refractivity contribution in [2.75, 3.05) is 24.5 Å². The number of aromatic nitrogens is 4. The fourth-order valence-electron chi connectivity index (χ4n) is 4.99. The number of ether oxygens (including phenoxy) is 1. The molecule has 2 aromatic carbocycles. The Kier molecular flexibility index (Phi) is 6.83. The fourth-order valence-corrected chi connectivity index (χ4v) is 4.99. The normalized spacial score (nSPS) is 15.9. The number of anilines is 1. The van der Waals surface area contributed by atoms with Crippen molar-refractivity contribution in [1.82, 2.24) is 24.2 Å². The first-order chi connectivity index (χ1) is 18.2. The molecule has 0 N–H and O–H groups in total. The Morgan fingerprint density at radius 3 is 2.53 bits per heavy atom. The Hall–Kier alpha value is -4.28. The molecular formula is C27H28F2N6O3. The number of fused-ring (bicyclic) bond motifs is 1. The predicted molar refractivity (Wildman–Crippen MR) is 139 cm³/mol. The molecule has 0 spiro atoms. The highest BCUT2D eigenvalue weighted by molar-refractivity contribution is 5.84. The summed E-state index contributed by atoms with van der Waals surface area (Å²) in [4.78, 5) is 37.7. The van der Waals surface area contributed by atoms with E-state index in [0.717, 1.165) is 11.1 Å². The smallest absolute Gasteiger partial charge is 0.387 e. The van der Waals surface area contributed by atoms with Gasteiger partial charge in [0.1, 0.15) is 5.75 Å². The molecule has 1 amide bonds. The first kappa shape index (κ1) is 25.4. The minimum absolute atomic E-state index is 0.0632. The fraction of sp³-hybridized carbons (Fsp3) is 0.333. The summed E-state index contributed by atoms with van der Waals surface area (Å²) in [5, 5.41) is 0.512. The van der Waals surface area contributed by atoms with Gasteiger partial charge in [0.25, 0.3) is 5.56 Å². The Balaban J connectivity index is 1.44. The summed E-state index contributed by atoms with van der Waals surface area (Å²) >= 11 is 0. The van der Waals surface area contributed by atoms with Gasteiger partial charge in [-0.15, -0.1) is 0 Å².